The number of benzene rings is 1. The molecule has 1 N–H and O–H groups in total. The average molecular weight is 420 g/mol. The number of hydrogen-bond acceptors (Lipinski definition) is 4. The first kappa shape index (κ1) is 20.9. The molecule has 0 saturated carbocycles. The summed E-state index contributed by atoms with van der Waals surface area (Å²) in [7, 11) is 2.10. The van der Waals surface area contributed by atoms with Gasteiger partial charge in [0.1, 0.15) is 5.82 Å². The molecule has 3 unspecified atom stereocenters. The Bertz CT molecular complexity index is 880. The number of carbonyl (C=O) groups excluding carboxylic acids is 1. The van der Waals surface area contributed by atoms with Gasteiger partial charge in [-0.05, 0) is 44.8 Å². The number of nitrogens with zero attached hydrogens (tertiary/aromatic N) is 3. The summed E-state index contributed by atoms with van der Waals surface area (Å²) < 4.78 is 42.2. The highest BCUT2D eigenvalue weighted by molar-refractivity contribution is 6.00. The van der Waals surface area contributed by atoms with Crippen LogP contribution < -0.4 is 5.32 Å². The van der Waals surface area contributed by atoms with E-state index >= 15 is 0 Å². The molecule has 2 aromatic rings. The second-order valence-electron chi connectivity index (χ2n) is 8.34. The quantitative estimate of drug-likeness (QED) is 0.669. The SMILES string of the molecule is CN1CCCC1CCCC(=O)c1cnn2c1NC(c1ccccc1)CC2C(F)(F)F. The molecule has 0 amide bonds. The fourth-order valence-corrected chi connectivity index (χ4v) is 4.65. The molecule has 2 aliphatic rings. The fourth-order valence-electron chi connectivity index (χ4n) is 4.65. The average Bonchev–Trinajstić information content (AvgIpc) is 3.33. The predicted octanol–water partition coefficient (Wildman–Crippen LogP) is 4.99. The van der Waals surface area contributed by atoms with Crippen LogP contribution in [-0.2, 0) is 0 Å². The maximum atomic E-state index is 13.8. The summed E-state index contributed by atoms with van der Waals surface area (Å²) in [6.07, 6.45) is 0.973. The number of carbonyl (C=O) groups is 1. The van der Waals surface area contributed by atoms with Gasteiger partial charge in [0.15, 0.2) is 11.8 Å². The van der Waals surface area contributed by atoms with Crippen LogP contribution >= 0.6 is 0 Å². The number of likely N-dealkylation sites (tertiary alicyclic amines) is 1. The van der Waals surface area contributed by atoms with Gasteiger partial charge in [0.05, 0.1) is 17.8 Å². The largest absolute Gasteiger partial charge is 0.410 e. The van der Waals surface area contributed by atoms with E-state index in [9.17, 15) is 18.0 Å². The number of ketones is 1. The minimum absolute atomic E-state index is 0.154. The summed E-state index contributed by atoms with van der Waals surface area (Å²) in [5, 5.41) is 7.11. The Morgan fingerprint density at radius 1 is 1.27 bits per heavy atom. The van der Waals surface area contributed by atoms with Crippen LogP contribution in [0.3, 0.4) is 0 Å². The molecule has 4 rings (SSSR count). The number of aromatic nitrogens is 2. The molecular weight excluding hydrogens is 393 g/mol. The molecule has 5 nitrogen and oxygen atoms in total. The van der Waals surface area contributed by atoms with Crippen LogP contribution in [0.1, 0.15) is 66.5 Å². The Balaban J connectivity index is 1.52. The first-order valence-electron chi connectivity index (χ1n) is 10.5. The molecule has 1 aromatic heterocycles. The Morgan fingerprint density at radius 3 is 2.70 bits per heavy atom. The van der Waals surface area contributed by atoms with Crippen molar-refractivity contribution < 1.29 is 18.0 Å². The lowest BCUT2D eigenvalue weighted by Crippen LogP contribution is -2.36. The van der Waals surface area contributed by atoms with Crippen LogP contribution in [0.5, 0.6) is 0 Å². The Labute approximate surface area is 174 Å². The van der Waals surface area contributed by atoms with Gasteiger partial charge in [-0.25, -0.2) is 4.68 Å². The molecule has 0 bridgehead atoms. The molecular formula is C22H27F3N4O. The van der Waals surface area contributed by atoms with Gasteiger partial charge in [-0.1, -0.05) is 30.3 Å². The highest BCUT2D eigenvalue weighted by Crippen LogP contribution is 2.44. The smallest absolute Gasteiger partial charge is 0.363 e. The highest BCUT2D eigenvalue weighted by atomic mass is 19.4. The maximum absolute atomic E-state index is 13.8. The molecule has 2 aliphatic heterocycles. The topological polar surface area (TPSA) is 50.2 Å². The van der Waals surface area contributed by atoms with Gasteiger partial charge in [-0.2, -0.15) is 18.3 Å². The van der Waals surface area contributed by atoms with Crippen molar-refractivity contribution in [1.82, 2.24) is 14.7 Å². The monoisotopic (exact) mass is 420 g/mol. The Kier molecular flexibility index (Phi) is 5.86. The number of hydrogen-bond donors (Lipinski definition) is 1. The van der Waals surface area contributed by atoms with Crippen LogP contribution in [-0.4, -0.2) is 46.3 Å². The first-order valence-corrected chi connectivity index (χ1v) is 10.5. The van der Waals surface area contributed by atoms with E-state index < -0.39 is 18.3 Å². The third-order valence-corrected chi connectivity index (χ3v) is 6.35. The Hall–Kier alpha value is -2.35. The van der Waals surface area contributed by atoms with E-state index in [0.29, 0.717) is 12.5 Å². The van der Waals surface area contributed by atoms with Crippen molar-refractivity contribution >= 4 is 11.6 Å². The molecule has 3 atom stereocenters. The van der Waals surface area contributed by atoms with Gasteiger partial charge in [-0.3, -0.25) is 4.79 Å². The zero-order valence-corrected chi connectivity index (χ0v) is 17.0. The lowest BCUT2D eigenvalue weighted by atomic mass is 9.96. The summed E-state index contributed by atoms with van der Waals surface area (Å²) in [5.41, 5.74) is 1.02. The van der Waals surface area contributed by atoms with E-state index in [-0.39, 0.29) is 23.6 Å². The molecule has 1 fully saturated rings. The van der Waals surface area contributed by atoms with Crippen molar-refractivity contribution in [3.8, 4) is 0 Å². The molecule has 1 aromatic carbocycles. The van der Waals surface area contributed by atoms with Crippen molar-refractivity contribution in [2.24, 2.45) is 0 Å². The number of nitrogens with one attached hydrogen (secondary N) is 1. The van der Waals surface area contributed by atoms with E-state index in [1.807, 2.05) is 6.07 Å². The molecule has 8 heteroatoms. The zero-order valence-electron chi connectivity index (χ0n) is 17.0. The summed E-state index contributed by atoms with van der Waals surface area (Å²) in [6.45, 7) is 1.08. The van der Waals surface area contributed by atoms with Crippen molar-refractivity contribution in [1.29, 1.82) is 0 Å². The van der Waals surface area contributed by atoms with Crippen molar-refractivity contribution in [2.75, 3.05) is 18.9 Å². The van der Waals surface area contributed by atoms with Gasteiger partial charge >= 0.3 is 6.18 Å². The third-order valence-electron chi connectivity index (χ3n) is 6.35. The van der Waals surface area contributed by atoms with Gasteiger partial charge in [-0.15, -0.1) is 0 Å². The van der Waals surface area contributed by atoms with Crippen LogP contribution in [0.25, 0.3) is 0 Å². The summed E-state index contributed by atoms with van der Waals surface area (Å²) in [4.78, 5) is 15.2. The van der Waals surface area contributed by atoms with Crippen LogP contribution in [0.2, 0.25) is 0 Å². The molecule has 30 heavy (non-hydrogen) atoms. The molecule has 0 spiro atoms. The van der Waals surface area contributed by atoms with Crippen molar-refractivity contribution in [3.63, 3.8) is 0 Å². The van der Waals surface area contributed by atoms with E-state index in [1.54, 1.807) is 24.3 Å². The summed E-state index contributed by atoms with van der Waals surface area (Å²) in [6, 6.07) is 7.25. The minimum Gasteiger partial charge on any atom is -0.363 e. The molecule has 1 saturated heterocycles. The first-order chi connectivity index (χ1) is 14.3. The van der Waals surface area contributed by atoms with Crippen LogP contribution in [0.15, 0.2) is 36.5 Å². The predicted molar refractivity (Wildman–Crippen MR) is 109 cm³/mol. The highest BCUT2D eigenvalue weighted by Gasteiger charge is 2.47. The van der Waals surface area contributed by atoms with Crippen LogP contribution in [0, 0.1) is 0 Å². The third kappa shape index (κ3) is 4.24. The number of halogens is 3. The Morgan fingerprint density at radius 2 is 2.03 bits per heavy atom. The molecule has 0 radical (unpaired) electrons. The van der Waals surface area contributed by atoms with E-state index in [2.05, 4.69) is 22.4 Å². The summed E-state index contributed by atoms with van der Waals surface area (Å²) in [5.74, 6) is 0.0273. The van der Waals surface area contributed by atoms with Crippen LogP contribution in [0.4, 0.5) is 19.0 Å². The van der Waals surface area contributed by atoms with E-state index in [1.165, 1.54) is 12.6 Å². The fraction of sp³-hybridized carbons (Fsp3) is 0.545. The van der Waals surface area contributed by atoms with E-state index in [4.69, 9.17) is 0 Å². The van der Waals surface area contributed by atoms with E-state index in [0.717, 1.165) is 36.1 Å². The molecule has 162 valence electrons. The van der Waals surface area contributed by atoms with Gasteiger partial charge in [0.2, 0.25) is 0 Å². The second-order valence-corrected chi connectivity index (χ2v) is 8.34. The van der Waals surface area contributed by atoms with Gasteiger partial charge in [0, 0.05) is 18.9 Å². The van der Waals surface area contributed by atoms with Crippen molar-refractivity contribution in [2.45, 2.75) is 62.8 Å². The van der Waals surface area contributed by atoms with Gasteiger partial charge < -0.3 is 10.2 Å². The molecule has 3 heterocycles. The number of alkyl halides is 3. The minimum atomic E-state index is -4.44. The standard InChI is InChI=1S/C22H27F3N4O/c1-28-12-6-10-16(28)9-5-11-19(30)17-14-26-29-20(22(23,24)25)13-18(27-21(17)29)15-7-3-2-4-8-15/h2-4,7-8,14,16,18,20,27H,5-6,9-13H2,1H3. The lowest BCUT2D eigenvalue weighted by molar-refractivity contribution is -0.173. The molecule has 0 aliphatic carbocycles. The normalized spacial score (nSPS) is 24.5. The number of fused-ring (bicyclic) bond motifs is 1. The lowest BCUT2D eigenvalue weighted by Gasteiger charge is -2.34. The number of rotatable bonds is 6. The zero-order chi connectivity index (χ0) is 21.3. The number of Topliss-reactive ketones (excluding diaryl/α,β-unsaturated/α-hetero) is 1. The van der Waals surface area contributed by atoms with Gasteiger partial charge in [0.25, 0.3) is 0 Å². The summed E-state index contributed by atoms with van der Waals surface area (Å²) >= 11 is 0. The number of anilines is 1. The maximum Gasteiger partial charge on any atom is 0.410 e. The van der Waals surface area contributed by atoms with Crippen molar-refractivity contribution in [3.05, 3.63) is 47.7 Å². The second kappa shape index (κ2) is 8.41.